The Kier molecular flexibility index (Phi) is 3.86. The summed E-state index contributed by atoms with van der Waals surface area (Å²) < 4.78 is 1.99. The van der Waals surface area contributed by atoms with Crippen LogP contribution in [0.3, 0.4) is 0 Å². The van der Waals surface area contributed by atoms with Crippen molar-refractivity contribution < 1.29 is 4.79 Å². The van der Waals surface area contributed by atoms with Crippen LogP contribution in [0.1, 0.15) is 21.5 Å². The van der Waals surface area contributed by atoms with Gasteiger partial charge in [0, 0.05) is 28.9 Å². The van der Waals surface area contributed by atoms with E-state index in [2.05, 4.69) is 16.4 Å². The molecule has 0 atom stereocenters. The number of benzene rings is 2. The number of nitrogens with zero attached hydrogens (tertiary/aromatic N) is 2. The highest BCUT2D eigenvalue weighted by Gasteiger charge is 2.13. The smallest absolute Gasteiger partial charge is 0.255 e. The number of carbonyl (C=O) groups is 1. The number of carbonyl (C=O) groups excluding carboxylic acids is 1. The van der Waals surface area contributed by atoms with E-state index in [0.29, 0.717) is 5.56 Å². The van der Waals surface area contributed by atoms with Crippen LogP contribution in [0.4, 0.5) is 5.69 Å². The van der Waals surface area contributed by atoms with Gasteiger partial charge in [0.15, 0.2) is 4.96 Å². The highest BCUT2D eigenvalue weighted by Crippen LogP contribution is 2.29. The number of imidazole rings is 1. The Morgan fingerprint density at radius 3 is 2.64 bits per heavy atom. The summed E-state index contributed by atoms with van der Waals surface area (Å²) in [4.78, 5) is 18.3. The fourth-order valence-electron chi connectivity index (χ4n) is 2.97. The largest absolute Gasteiger partial charge is 0.321 e. The standard InChI is InChI=1S/C20H17N3OS/c1-13-9-14(2)11-15(10-13)19(24)21-17-6-4-3-5-16(17)18-12-23-7-8-25-20(23)22-18/h3-12H,1-2H3,(H,21,24). The van der Waals surface area contributed by atoms with Gasteiger partial charge in [-0.05, 0) is 32.0 Å². The average Bonchev–Trinajstić information content (AvgIpc) is 3.16. The highest BCUT2D eigenvalue weighted by atomic mass is 32.1. The number of hydrogen-bond acceptors (Lipinski definition) is 3. The lowest BCUT2D eigenvalue weighted by molar-refractivity contribution is 0.102. The number of para-hydroxylation sites is 1. The number of thiazole rings is 1. The zero-order chi connectivity index (χ0) is 17.4. The number of aromatic nitrogens is 2. The van der Waals surface area contributed by atoms with Crippen molar-refractivity contribution in [2.45, 2.75) is 13.8 Å². The summed E-state index contributed by atoms with van der Waals surface area (Å²) >= 11 is 1.59. The Labute approximate surface area is 149 Å². The van der Waals surface area contributed by atoms with E-state index in [1.807, 2.05) is 72.4 Å². The molecule has 1 amide bonds. The molecular weight excluding hydrogens is 330 g/mol. The molecule has 2 heterocycles. The van der Waals surface area contributed by atoms with Crippen LogP contribution in [0.15, 0.2) is 60.2 Å². The monoisotopic (exact) mass is 347 g/mol. The highest BCUT2D eigenvalue weighted by molar-refractivity contribution is 7.15. The van der Waals surface area contributed by atoms with E-state index in [-0.39, 0.29) is 5.91 Å². The van der Waals surface area contributed by atoms with Crippen LogP contribution in [0.2, 0.25) is 0 Å². The number of amides is 1. The molecule has 0 aliphatic heterocycles. The summed E-state index contributed by atoms with van der Waals surface area (Å²) in [5.74, 6) is -0.111. The minimum atomic E-state index is -0.111. The van der Waals surface area contributed by atoms with Crippen molar-refractivity contribution in [3.8, 4) is 11.3 Å². The second-order valence-electron chi connectivity index (χ2n) is 6.10. The lowest BCUT2D eigenvalue weighted by atomic mass is 10.1. The van der Waals surface area contributed by atoms with Gasteiger partial charge in [0.1, 0.15) is 0 Å². The maximum atomic E-state index is 12.7. The first kappa shape index (κ1) is 15.6. The van der Waals surface area contributed by atoms with Crippen LogP contribution in [0, 0.1) is 13.8 Å². The molecule has 0 aliphatic carbocycles. The number of fused-ring (bicyclic) bond motifs is 1. The quantitative estimate of drug-likeness (QED) is 0.571. The summed E-state index contributed by atoms with van der Waals surface area (Å²) in [7, 11) is 0. The van der Waals surface area contributed by atoms with E-state index in [9.17, 15) is 4.79 Å². The Hall–Kier alpha value is -2.92. The molecular formula is C20H17N3OS. The molecule has 0 unspecified atom stereocenters. The molecule has 4 rings (SSSR count). The van der Waals surface area contributed by atoms with Gasteiger partial charge < -0.3 is 5.32 Å². The summed E-state index contributed by atoms with van der Waals surface area (Å²) in [6.07, 6.45) is 3.96. The van der Waals surface area contributed by atoms with Crippen molar-refractivity contribution in [3.05, 3.63) is 76.9 Å². The Morgan fingerprint density at radius 1 is 1.12 bits per heavy atom. The first-order valence-electron chi connectivity index (χ1n) is 8.01. The molecule has 124 valence electrons. The van der Waals surface area contributed by atoms with Crippen molar-refractivity contribution in [3.63, 3.8) is 0 Å². The maximum Gasteiger partial charge on any atom is 0.255 e. The van der Waals surface area contributed by atoms with Gasteiger partial charge in [0.25, 0.3) is 5.91 Å². The van der Waals surface area contributed by atoms with Gasteiger partial charge in [-0.15, -0.1) is 11.3 Å². The second kappa shape index (κ2) is 6.18. The molecule has 4 nitrogen and oxygen atoms in total. The molecule has 1 N–H and O–H groups in total. The summed E-state index contributed by atoms with van der Waals surface area (Å²) in [5.41, 5.74) is 5.34. The molecule has 0 bridgehead atoms. The molecule has 0 aliphatic rings. The van der Waals surface area contributed by atoms with E-state index in [4.69, 9.17) is 0 Å². The van der Waals surface area contributed by atoms with Crippen molar-refractivity contribution in [2.75, 3.05) is 5.32 Å². The molecule has 25 heavy (non-hydrogen) atoms. The Morgan fingerprint density at radius 2 is 1.88 bits per heavy atom. The molecule has 5 heteroatoms. The zero-order valence-corrected chi connectivity index (χ0v) is 14.8. The van der Waals surface area contributed by atoms with Crippen LogP contribution < -0.4 is 5.32 Å². The third kappa shape index (κ3) is 3.06. The van der Waals surface area contributed by atoms with E-state index < -0.39 is 0 Å². The first-order valence-corrected chi connectivity index (χ1v) is 8.89. The van der Waals surface area contributed by atoms with Crippen LogP contribution in [0.25, 0.3) is 16.2 Å². The van der Waals surface area contributed by atoms with Crippen molar-refractivity contribution >= 4 is 27.9 Å². The molecule has 0 fully saturated rings. The molecule has 4 aromatic rings. The van der Waals surface area contributed by atoms with Crippen LogP contribution in [-0.4, -0.2) is 15.3 Å². The first-order chi connectivity index (χ1) is 12.1. The lowest BCUT2D eigenvalue weighted by Gasteiger charge is -2.10. The normalized spacial score (nSPS) is 11.0. The van der Waals surface area contributed by atoms with Crippen LogP contribution in [0.5, 0.6) is 0 Å². The van der Waals surface area contributed by atoms with E-state index in [1.54, 1.807) is 11.3 Å². The van der Waals surface area contributed by atoms with E-state index in [1.165, 1.54) is 0 Å². The predicted octanol–water partition coefficient (Wildman–Crippen LogP) is 4.93. The Balaban J connectivity index is 1.69. The van der Waals surface area contributed by atoms with Crippen LogP contribution >= 0.6 is 11.3 Å². The van der Waals surface area contributed by atoms with Gasteiger partial charge in [-0.2, -0.15) is 0 Å². The van der Waals surface area contributed by atoms with E-state index in [0.717, 1.165) is 33.0 Å². The van der Waals surface area contributed by atoms with Crippen molar-refractivity contribution in [1.29, 1.82) is 0 Å². The number of anilines is 1. The van der Waals surface area contributed by atoms with Crippen molar-refractivity contribution in [2.24, 2.45) is 0 Å². The summed E-state index contributed by atoms with van der Waals surface area (Å²) in [5, 5.41) is 5.03. The zero-order valence-electron chi connectivity index (χ0n) is 14.0. The molecule has 2 aromatic heterocycles. The van der Waals surface area contributed by atoms with Gasteiger partial charge in [0.2, 0.25) is 0 Å². The fraction of sp³-hybridized carbons (Fsp3) is 0.100. The van der Waals surface area contributed by atoms with Gasteiger partial charge in [-0.25, -0.2) is 4.98 Å². The number of rotatable bonds is 3. The van der Waals surface area contributed by atoms with E-state index >= 15 is 0 Å². The van der Waals surface area contributed by atoms with Crippen LogP contribution in [-0.2, 0) is 0 Å². The molecule has 0 saturated heterocycles. The molecule has 0 saturated carbocycles. The number of hydrogen-bond donors (Lipinski definition) is 1. The minimum absolute atomic E-state index is 0.111. The molecule has 2 aromatic carbocycles. The topological polar surface area (TPSA) is 46.4 Å². The Bertz CT molecular complexity index is 1030. The third-order valence-electron chi connectivity index (χ3n) is 4.03. The summed E-state index contributed by atoms with van der Waals surface area (Å²) in [6, 6.07) is 13.6. The molecule has 0 radical (unpaired) electrons. The van der Waals surface area contributed by atoms with Gasteiger partial charge >= 0.3 is 0 Å². The molecule has 0 spiro atoms. The van der Waals surface area contributed by atoms with Gasteiger partial charge in [-0.3, -0.25) is 9.20 Å². The maximum absolute atomic E-state index is 12.7. The average molecular weight is 347 g/mol. The minimum Gasteiger partial charge on any atom is -0.321 e. The SMILES string of the molecule is Cc1cc(C)cc(C(=O)Nc2ccccc2-c2cn3ccsc3n2)c1. The van der Waals surface area contributed by atoms with Gasteiger partial charge in [-0.1, -0.05) is 35.4 Å². The second-order valence-corrected chi connectivity index (χ2v) is 6.97. The number of nitrogens with one attached hydrogen (secondary N) is 1. The fourth-order valence-corrected chi connectivity index (χ4v) is 3.67. The summed E-state index contributed by atoms with van der Waals surface area (Å²) in [6.45, 7) is 3.99. The van der Waals surface area contributed by atoms with Crippen molar-refractivity contribution in [1.82, 2.24) is 9.38 Å². The third-order valence-corrected chi connectivity index (χ3v) is 4.80. The van der Waals surface area contributed by atoms with Gasteiger partial charge in [0.05, 0.1) is 11.4 Å². The predicted molar refractivity (Wildman–Crippen MR) is 102 cm³/mol. The lowest BCUT2D eigenvalue weighted by Crippen LogP contribution is -2.13. The number of aryl methyl sites for hydroxylation is 2.